The van der Waals surface area contributed by atoms with Gasteiger partial charge in [-0.1, -0.05) is 44.0 Å². The van der Waals surface area contributed by atoms with Gasteiger partial charge in [-0.15, -0.1) is 0 Å². The Morgan fingerprint density at radius 3 is 2.54 bits per heavy atom. The molecule has 2 aromatic rings. The second kappa shape index (κ2) is 7.88. The first-order chi connectivity index (χ1) is 12.5. The number of hydrogen-bond donors (Lipinski definition) is 3. The Morgan fingerprint density at radius 1 is 1.08 bits per heavy atom. The summed E-state index contributed by atoms with van der Waals surface area (Å²) in [5.74, 6) is -0.116. The van der Waals surface area contributed by atoms with E-state index in [0.717, 1.165) is 24.8 Å². The van der Waals surface area contributed by atoms with Gasteiger partial charge in [0.15, 0.2) is 0 Å². The van der Waals surface area contributed by atoms with E-state index in [2.05, 4.69) is 22.3 Å². The molecule has 1 aliphatic heterocycles. The summed E-state index contributed by atoms with van der Waals surface area (Å²) in [6.45, 7) is 2.78. The lowest BCUT2D eigenvalue weighted by molar-refractivity contribution is 0.0953. The summed E-state index contributed by atoms with van der Waals surface area (Å²) in [6, 6.07) is 13.7. The molecule has 3 rings (SSSR count). The van der Waals surface area contributed by atoms with E-state index in [0.29, 0.717) is 17.8 Å². The number of anilines is 1. The topological polar surface area (TPSA) is 87.3 Å². The highest BCUT2D eigenvalue weighted by atomic mass is 32.2. The predicted octanol–water partition coefficient (Wildman–Crippen LogP) is 3.01. The molecule has 138 valence electrons. The molecule has 0 saturated carbocycles. The molecule has 0 saturated heterocycles. The fraction of sp³-hybridized carbons (Fsp3) is 0.316. The number of hydrogen-bond acceptors (Lipinski definition) is 4. The fourth-order valence-corrected chi connectivity index (χ4v) is 4.19. The number of para-hydroxylation sites is 1. The lowest BCUT2D eigenvalue weighted by atomic mass is 10.1. The third-order valence-corrected chi connectivity index (χ3v) is 5.80. The molecule has 0 radical (unpaired) electrons. The molecule has 0 unspecified atom stereocenters. The van der Waals surface area contributed by atoms with Crippen LogP contribution in [0.3, 0.4) is 0 Å². The van der Waals surface area contributed by atoms with E-state index in [4.69, 9.17) is 0 Å². The Morgan fingerprint density at radius 2 is 1.81 bits per heavy atom. The van der Waals surface area contributed by atoms with Crippen molar-refractivity contribution < 1.29 is 13.2 Å². The zero-order valence-electron chi connectivity index (χ0n) is 14.7. The van der Waals surface area contributed by atoms with Gasteiger partial charge in [0.2, 0.25) is 10.0 Å². The molecule has 1 amide bonds. The van der Waals surface area contributed by atoms with Gasteiger partial charge in [0.05, 0.1) is 5.69 Å². The smallest absolute Gasteiger partial charge is 0.251 e. The summed E-state index contributed by atoms with van der Waals surface area (Å²) >= 11 is 0. The van der Waals surface area contributed by atoms with Crippen LogP contribution in [-0.2, 0) is 10.0 Å². The van der Waals surface area contributed by atoms with Gasteiger partial charge in [0.1, 0.15) is 11.1 Å². The number of unbranched alkanes of at least 4 members (excludes halogenated alkanes) is 2. The predicted molar refractivity (Wildman–Crippen MR) is 101 cm³/mol. The molecular weight excluding hydrogens is 350 g/mol. The van der Waals surface area contributed by atoms with E-state index >= 15 is 0 Å². The number of rotatable bonds is 6. The summed E-state index contributed by atoms with van der Waals surface area (Å²) in [7, 11) is -3.58. The van der Waals surface area contributed by atoms with Crippen LogP contribution in [0.15, 0.2) is 53.4 Å². The molecule has 1 heterocycles. The van der Waals surface area contributed by atoms with Gasteiger partial charge in [0.25, 0.3) is 5.91 Å². The van der Waals surface area contributed by atoms with E-state index in [1.165, 1.54) is 0 Å². The second-order valence-corrected chi connectivity index (χ2v) is 7.96. The molecule has 0 aromatic heterocycles. The van der Waals surface area contributed by atoms with Crippen molar-refractivity contribution in [1.29, 1.82) is 0 Å². The summed E-state index contributed by atoms with van der Waals surface area (Å²) in [4.78, 5) is 12.4. The first-order valence-corrected chi connectivity index (χ1v) is 10.3. The maximum Gasteiger partial charge on any atom is 0.251 e. The van der Waals surface area contributed by atoms with Crippen LogP contribution in [-0.4, -0.2) is 20.9 Å². The van der Waals surface area contributed by atoms with Crippen LogP contribution in [0.2, 0.25) is 0 Å². The van der Waals surface area contributed by atoms with E-state index in [-0.39, 0.29) is 10.8 Å². The minimum absolute atomic E-state index is 0.116. The Kier molecular flexibility index (Phi) is 5.58. The largest absolute Gasteiger partial charge is 0.364 e. The molecule has 2 aromatic carbocycles. The van der Waals surface area contributed by atoms with Gasteiger partial charge in [-0.25, -0.2) is 8.42 Å². The van der Waals surface area contributed by atoms with Crippen molar-refractivity contribution in [2.75, 3.05) is 11.9 Å². The van der Waals surface area contributed by atoms with E-state index in [9.17, 15) is 13.2 Å². The van der Waals surface area contributed by atoms with Crippen LogP contribution in [0, 0.1) is 0 Å². The third-order valence-electron chi connectivity index (χ3n) is 4.32. The Hall–Kier alpha value is -2.38. The Labute approximate surface area is 154 Å². The van der Waals surface area contributed by atoms with Crippen molar-refractivity contribution in [3.63, 3.8) is 0 Å². The Bertz CT molecular complexity index is 879. The summed E-state index contributed by atoms with van der Waals surface area (Å²) in [5, 5.41) is 6.07. The maximum absolute atomic E-state index is 12.4. The minimum Gasteiger partial charge on any atom is -0.364 e. The van der Waals surface area contributed by atoms with Crippen LogP contribution in [0.1, 0.15) is 48.3 Å². The molecule has 0 fully saturated rings. The zero-order valence-corrected chi connectivity index (χ0v) is 15.5. The molecule has 0 bridgehead atoms. The second-order valence-electron chi connectivity index (χ2n) is 6.28. The van der Waals surface area contributed by atoms with E-state index < -0.39 is 16.2 Å². The van der Waals surface area contributed by atoms with Crippen molar-refractivity contribution >= 4 is 21.6 Å². The molecule has 3 N–H and O–H groups in total. The minimum atomic E-state index is -3.58. The van der Waals surface area contributed by atoms with Crippen LogP contribution >= 0.6 is 0 Å². The number of benzene rings is 2. The monoisotopic (exact) mass is 373 g/mol. The molecular formula is C19H23N3O3S. The molecule has 0 spiro atoms. The van der Waals surface area contributed by atoms with Gasteiger partial charge in [-0.05, 0) is 36.2 Å². The third kappa shape index (κ3) is 4.05. The van der Waals surface area contributed by atoms with Crippen LogP contribution < -0.4 is 15.4 Å². The summed E-state index contributed by atoms with van der Waals surface area (Å²) < 4.78 is 27.4. The van der Waals surface area contributed by atoms with Crippen molar-refractivity contribution in [3.05, 3.63) is 59.7 Å². The highest BCUT2D eigenvalue weighted by molar-refractivity contribution is 7.89. The van der Waals surface area contributed by atoms with Crippen LogP contribution in [0.4, 0.5) is 5.69 Å². The molecule has 26 heavy (non-hydrogen) atoms. The van der Waals surface area contributed by atoms with Gasteiger partial charge in [0, 0.05) is 12.1 Å². The number of nitrogens with one attached hydrogen (secondary N) is 3. The first-order valence-electron chi connectivity index (χ1n) is 8.77. The van der Waals surface area contributed by atoms with Gasteiger partial charge >= 0.3 is 0 Å². The quantitative estimate of drug-likeness (QED) is 0.679. The van der Waals surface area contributed by atoms with Gasteiger partial charge in [-0.2, -0.15) is 4.72 Å². The van der Waals surface area contributed by atoms with Crippen LogP contribution in [0.25, 0.3) is 0 Å². The molecule has 1 aliphatic rings. The van der Waals surface area contributed by atoms with Crippen LogP contribution in [0.5, 0.6) is 0 Å². The van der Waals surface area contributed by atoms with E-state index in [1.807, 2.05) is 0 Å². The zero-order chi connectivity index (χ0) is 18.6. The van der Waals surface area contributed by atoms with Gasteiger partial charge in [-0.3, -0.25) is 4.79 Å². The number of fused-ring (bicyclic) bond motifs is 1. The first kappa shape index (κ1) is 18.4. The van der Waals surface area contributed by atoms with E-state index in [1.54, 1.807) is 48.5 Å². The highest BCUT2D eigenvalue weighted by Crippen LogP contribution is 2.30. The van der Waals surface area contributed by atoms with Crippen molar-refractivity contribution in [3.8, 4) is 0 Å². The number of carbonyl (C=O) groups excluding carboxylic acids is 1. The lowest BCUT2D eigenvalue weighted by Crippen LogP contribution is -2.38. The summed E-state index contributed by atoms with van der Waals surface area (Å²) in [6.07, 6.45) is 2.59. The standard InChI is InChI=1S/C19H23N3O3S/c1-2-3-6-13-20-19(23)15-11-9-14(10-12-15)18-21-16-7-4-5-8-17(16)26(24,25)22-18/h4-5,7-12,18,21-22H,2-3,6,13H2,1H3,(H,20,23)/t18-/m0/s1. The van der Waals surface area contributed by atoms with Crippen molar-refractivity contribution in [2.24, 2.45) is 0 Å². The molecule has 1 atom stereocenters. The fourth-order valence-electron chi connectivity index (χ4n) is 2.88. The number of amides is 1. The van der Waals surface area contributed by atoms with Crippen molar-refractivity contribution in [2.45, 2.75) is 37.2 Å². The SMILES string of the molecule is CCCCCNC(=O)c1ccc([C@H]2Nc3ccccc3S(=O)(=O)N2)cc1. The van der Waals surface area contributed by atoms with Gasteiger partial charge < -0.3 is 10.6 Å². The average Bonchev–Trinajstić information content (AvgIpc) is 2.65. The molecule has 6 nitrogen and oxygen atoms in total. The molecule has 0 aliphatic carbocycles. The average molecular weight is 373 g/mol. The number of sulfonamides is 1. The summed E-state index contributed by atoms with van der Waals surface area (Å²) in [5.41, 5.74) is 1.86. The lowest BCUT2D eigenvalue weighted by Gasteiger charge is -2.28. The van der Waals surface area contributed by atoms with Crippen molar-refractivity contribution in [1.82, 2.24) is 10.0 Å². The number of carbonyl (C=O) groups is 1. The normalized spacial score (nSPS) is 17.8. The Balaban J connectivity index is 1.71. The molecule has 7 heteroatoms. The maximum atomic E-state index is 12.4. The highest BCUT2D eigenvalue weighted by Gasteiger charge is 2.29.